The lowest BCUT2D eigenvalue weighted by Crippen LogP contribution is -2.07. The second-order valence-electron chi connectivity index (χ2n) is 4.40. The van der Waals surface area contributed by atoms with Gasteiger partial charge in [0.1, 0.15) is 17.3 Å². The molecule has 1 atom stereocenters. The van der Waals surface area contributed by atoms with Crippen molar-refractivity contribution in [2.45, 2.75) is 12.7 Å². The van der Waals surface area contributed by atoms with Crippen LogP contribution in [-0.2, 0) is 21.3 Å². The Balaban J connectivity index is 2.14. The highest BCUT2D eigenvalue weighted by Gasteiger charge is 2.11. The van der Waals surface area contributed by atoms with Gasteiger partial charge in [0.05, 0.1) is 11.5 Å². The zero-order chi connectivity index (χ0) is 14.7. The highest BCUT2D eigenvalue weighted by atomic mass is 32.2. The highest BCUT2D eigenvalue weighted by molar-refractivity contribution is 7.84. The Morgan fingerprint density at radius 2 is 1.95 bits per heavy atom. The predicted molar refractivity (Wildman–Crippen MR) is 74.9 cm³/mol. The summed E-state index contributed by atoms with van der Waals surface area (Å²) in [6, 6.07) is 7.71. The molecular formula is C14H14O5S. The molecule has 2 rings (SSSR count). The summed E-state index contributed by atoms with van der Waals surface area (Å²) in [6.07, 6.45) is 0. The normalized spacial score (nSPS) is 12.2. The van der Waals surface area contributed by atoms with Crippen LogP contribution < -0.4 is 0 Å². The number of furan rings is 1. The van der Waals surface area contributed by atoms with E-state index in [1.54, 1.807) is 18.2 Å². The lowest BCUT2D eigenvalue weighted by atomic mass is 10.1. The molecule has 106 valence electrons. The Morgan fingerprint density at radius 3 is 2.60 bits per heavy atom. The summed E-state index contributed by atoms with van der Waals surface area (Å²) in [7, 11) is -1.28. The summed E-state index contributed by atoms with van der Waals surface area (Å²) in [6.45, 7) is 1.39. The number of rotatable bonds is 5. The van der Waals surface area contributed by atoms with Crippen molar-refractivity contribution in [2.24, 2.45) is 0 Å². The Kier molecular flexibility index (Phi) is 4.24. The van der Waals surface area contributed by atoms with Gasteiger partial charge < -0.3 is 14.6 Å². The molecule has 0 aliphatic carbocycles. The van der Waals surface area contributed by atoms with E-state index in [-0.39, 0.29) is 28.8 Å². The van der Waals surface area contributed by atoms with Crippen LogP contribution in [0.1, 0.15) is 12.7 Å². The summed E-state index contributed by atoms with van der Waals surface area (Å²) in [5.41, 5.74) is 0.601. The van der Waals surface area contributed by atoms with Gasteiger partial charge in [-0.25, -0.2) is 0 Å². The van der Waals surface area contributed by atoms with Crippen molar-refractivity contribution in [3.8, 4) is 22.8 Å². The van der Waals surface area contributed by atoms with Crippen LogP contribution in [-0.4, -0.2) is 26.0 Å². The maximum absolute atomic E-state index is 11.6. The number of benzene rings is 1. The van der Waals surface area contributed by atoms with E-state index in [1.165, 1.54) is 19.1 Å². The Labute approximate surface area is 118 Å². The van der Waals surface area contributed by atoms with Gasteiger partial charge in [-0.3, -0.25) is 9.00 Å². The third-order valence-electron chi connectivity index (χ3n) is 2.59. The van der Waals surface area contributed by atoms with Crippen LogP contribution >= 0.6 is 0 Å². The van der Waals surface area contributed by atoms with E-state index in [9.17, 15) is 19.2 Å². The number of Topliss-reactive ketones (excluding diaryl/α,β-unsaturated/α-hetero) is 1. The molecule has 1 unspecified atom stereocenters. The van der Waals surface area contributed by atoms with Gasteiger partial charge in [-0.2, -0.15) is 0 Å². The van der Waals surface area contributed by atoms with Gasteiger partial charge in [0.25, 0.3) is 0 Å². The SMILES string of the molecule is CC(=O)CS(=O)Cc1ccc(-c2ccc(O)c(O)c2)o1. The fraction of sp³-hybridized carbons (Fsp3) is 0.214. The van der Waals surface area contributed by atoms with Crippen LogP contribution in [0.3, 0.4) is 0 Å². The first-order valence-electron chi connectivity index (χ1n) is 5.91. The number of phenolic OH excluding ortho intramolecular Hbond substituents is 2. The molecule has 2 N–H and O–H groups in total. The molecule has 0 radical (unpaired) electrons. The summed E-state index contributed by atoms with van der Waals surface area (Å²) in [5.74, 6) is 0.615. The van der Waals surface area contributed by atoms with Gasteiger partial charge >= 0.3 is 0 Å². The Hall–Kier alpha value is -2.08. The number of phenols is 2. The smallest absolute Gasteiger partial charge is 0.158 e. The zero-order valence-corrected chi connectivity index (χ0v) is 11.6. The van der Waals surface area contributed by atoms with Gasteiger partial charge in [-0.1, -0.05) is 0 Å². The third-order valence-corrected chi connectivity index (χ3v) is 3.92. The maximum Gasteiger partial charge on any atom is 0.158 e. The Morgan fingerprint density at radius 1 is 1.20 bits per heavy atom. The van der Waals surface area contributed by atoms with Crippen molar-refractivity contribution >= 4 is 16.6 Å². The molecule has 0 bridgehead atoms. The number of hydrogen-bond donors (Lipinski definition) is 2. The molecule has 0 aliphatic heterocycles. The van der Waals surface area contributed by atoms with E-state index in [0.717, 1.165) is 0 Å². The van der Waals surface area contributed by atoms with Crippen LogP contribution in [0.15, 0.2) is 34.7 Å². The fourth-order valence-electron chi connectivity index (χ4n) is 1.72. The van der Waals surface area contributed by atoms with Crippen molar-refractivity contribution in [1.82, 2.24) is 0 Å². The zero-order valence-electron chi connectivity index (χ0n) is 10.8. The first-order chi connectivity index (χ1) is 9.45. The lowest BCUT2D eigenvalue weighted by Gasteiger charge is -2.01. The van der Waals surface area contributed by atoms with E-state index in [4.69, 9.17) is 4.42 Å². The molecule has 5 nitrogen and oxygen atoms in total. The van der Waals surface area contributed by atoms with Crippen molar-refractivity contribution in [2.75, 3.05) is 5.75 Å². The van der Waals surface area contributed by atoms with E-state index >= 15 is 0 Å². The highest BCUT2D eigenvalue weighted by Crippen LogP contribution is 2.31. The average Bonchev–Trinajstić information content (AvgIpc) is 2.80. The molecular weight excluding hydrogens is 280 g/mol. The minimum atomic E-state index is -1.28. The van der Waals surface area contributed by atoms with Gasteiger partial charge in [0.15, 0.2) is 11.5 Å². The van der Waals surface area contributed by atoms with Gasteiger partial charge in [-0.15, -0.1) is 0 Å². The molecule has 2 aromatic rings. The third kappa shape index (κ3) is 3.48. The van der Waals surface area contributed by atoms with Crippen LogP contribution in [0.25, 0.3) is 11.3 Å². The molecule has 0 saturated carbocycles. The lowest BCUT2D eigenvalue weighted by molar-refractivity contribution is -0.114. The molecule has 0 aliphatic rings. The quantitative estimate of drug-likeness (QED) is 0.825. The van der Waals surface area contributed by atoms with Crippen molar-refractivity contribution in [3.63, 3.8) is 0 Å². The fourth-order valence-corrected chi connectivity index (χ4v) is 2.75. The van der Waals surface area contributed by atoms with Gasteiger partial charge in [0.2, 0.25) is 0 Å². The van der Waals surface area contributed by atoms with Crippen molar-refractivity contribution in [1.29, 1.82) is 0 Å². The second kappa shape index (κ2) is 5.92. The topological polar surface area (TPSA) is 87.7 Å². The number of aromatic hydroxyl groups is 2. The molecule has 20 heavy (non-hydrogen) atoms. The molecule has 6 heteroatoms. The van der Waals surface area contributed by atoms with Crippen molar-refractivity contribution < 1.29 is 23.6 Å². The van der Waals surface area contributed by atoms with Crippen molar-refractivity contribution in [3.05, 3.63) is 36.1 Å². The van der Waals surface area contributed by atoms with E-state index in [1.807, 2.05) is 0 Å². The monoisotopic (exact) mass is 294 g/mol. The first-order valence-corrected chi connectivity index (χ1v) is 7.40. The summed E-state index contributed by atoms with van der Waals surface area (Å²) in [5, 5.41) is 18.7. The number of carbonyl (C=O) groups is 1. The van der Waals surface area contributed by atoms with E-state index < -0.39 is 10.8 Å². The molecule has 0 saturated heterocycles. The van der Waals surface area contributed by atoms with Crippen LogP contribution in [0.2, 0.25) is 0 Å². The van der Waals surface area contributed by atoms with Gasteiger partial charge in [-0.05, 0) is 37.3 Å². The van der Waals surface area contributed by atoms with Gasteiger partial charge in [0, 0.05) is 16.4 Å². The predicted octanol–water partition coefficient (Wildman–Crippen LogP) is 2.20. The van der Waals surface area contributed by atoms with Crippen LogP contribution in [0, 0.1) is 0 Å². The molecule has 0 fully saturated rings. The van der Waals surface area contributed by atoms with E-state index in [2.05, 4.69) is 0 Å². The summed E-state index contributed by atoms with van der Waals surface area (Å²) >= 11 is 0. The summed E-state index contributed by atoms with van der Waals surface area (Å²) < 4.78 is 17.1. The second-order valence-corrected chi connectivity index (χ2v) is 5.86. The molecule has 0 spiro atoms. The standard InChI is InChI=1S/C14H14O5S/c1-9(15)7-20(18)8-11-3-5-14(19-11)10-2-4-12(16)13(17)6-10/h2-6,16-17H,7-8H2,1H3. The number of ketones is 1. The number of hydrogen-bond acceptors (Lipinski definition) is 5. The minimum absolute atomic E-state index is 0.00995. The Bertz CT molecular complexity index is 659. The molecule has 1 aromatic heterocycles. The maximum atomic E-state index is 11.6. The van der Waals surface area contributed by atoms with Crippen LogP contribution in [0.5, 0.6) is 11.5 Å². The van der Waals surface area contributed by atoms with E-state index in [0.29, 0.717) is 17.1 Å². The molecule has 1 aromatic carbocycles. The minimum Gasteiger partial charge on any atom is -0.504 e. The molecule has 1 heterocycles. The summed E-state index contributed by atoms with van der Waals surface area (Å²) in [4.78, 5) is 10.9. The molecule has 0 amide bonds. The first kappa shape index (κ1) is 14.3. The average molecular weight is 294 g/mol. The van der Waals surface area contributed by atoms with Crippen LogP contribution in [0.4, 0.5) is 0 Å². The largest absolute Gasteiger partial charge is 0.504 e. The number of carbonyl (C=O) groups excluding carboxylic acids is 1.